The van der Waals surface area contributed by atoms with Crippen LogP contribution in [0.25, 0.3) is 0 Å². The lowest BCUT2D eigenvalue weighted by atomic mass is 10.0. The summed E-state index contributed by atoms with van der Waals surface area (Å²) in [6, 6.07) is 3.22. The van der Waals surface area contributed by atoms with E-state index < -0.39 is 33.6 Å². The lowest BCUT2D eigenvalue weighted by molar-refractivity contribution is -0.159. The largest absolute Gasteiger partial charge is 0.468 e. The maximum Gasteiger partial charge on any atom is 0.320 e. The maximum absolute atomic E-state index is 12.5. The highest BCUT2D eigenvalue weighted by Gasteiger charge is 2.32. The van der Waals surface area contributed by atoms with Gasteiger partial charge in [0.05, 0.1) is 20.5 Å². The zero-order valence-corrected chi connectivity index (χ0v) is 15.8. The second-order valence-electron chi connectivity index (χ2n) is 5.72. The number of sulfone groups is 1. The van der Waals surface area contributed by atoms with Crippen LogP contribution in [0.5, 0.6) is 0 Å². The standard InChI is InChI=1S/C17H19NO8S/c1-24-16(20)12(17(21)25-2)7-6-11-10-26-13(14(11)27(3,22)23)15(19)18-8-4-5-9-18/h4-5,8-10,12H,6-7H2,1-3H3. The molecule has 146 valence electrons. The van der Waals surface area contributed by atoms with E-state index in [2.05, 4.69) is 9.47 Å². The molecule has 2 rings (SSSR count). The number of hydrogen-bond acceptors (Lipinski definition) is 8. The molecule has 0 aliphatic carbocycles. The fourth-order valence-electron chi connectivity index (χ4n) is 2.61. The SMILES string of the molecule is COC(=O)C(CCc1coc(C(=O)n2cccc2)c1S(C)(=O)=O)C(=O)OC. The lowest BCUT2D eigenvalue weighted by Crippen LogP contribution is -2.27. The summed E-state index contributed by atoms with van der Waals surface area (Å²) >= 11 is 0. The average Bonchev–Trinajstić information content (AvgIpc) is 3.29. The van der Waals surface area contributed by atoms with Crippen LogP contribution in [-0.2, 0) is 35.3 Å². The Balaban J connectivity index is 2.36. The third kappa shape index (κ3) is 4.45. The summed E-state index contributed by atoms with van der Waals surface area (Å²) in [6.45, 7) is 0. The Morgan fingerprint density at radius 1 is 1.11 bits per heavy atom. The van der Waals surface area contributed by atoms with Gasteiger partial charge in [-0.1, -0.05) is 0 Å². The lowest BCUT2D eigenvalue weighted by Gasteiger charge is -2.12. The summed E-state index contributed by atoms with van der Waals surface area (Å²) in [6.07, 6.45) is 4.92. The maximum atomic E-state index is 12.5. The molecule has 0 spiro atoms. The number of rotatable bonds is 7. The number of hydrogen-bond donors (Lipinski definition) is 0. The number of carbonyl (C=O) groups excluding carboxylic acids is 3. The normalized spacial score (nSPS) is 11.4. The van der Waals surface area contributed by atoms with Crippen molar-refractivity contribution in [3.8, 4) is 0 Å². The number of ether oxygens (including phenoxy) is 2. The van der Waals surface area contributed by atoms with E-state index >= 15 is 0 Å². The van der Waals surface area contributed by atoms with Gasteiger partial charge in [-0.3, -0.25) is 19.0 Å². The Hall–Kier alpha value is -2.88. The highest BCUT2D eigenvalue weighted by Crippen LogP contribution is 2.27. The molecule has 0 fully saturated rings. The minimum Gasteiger partial charge on any atom is -0.468 e. The number of furan rings is 1. The van der Waals surface area contributed by atoms with Gasteiger partial charge in [0.1, 0.15) is 4.90 Å². The fraction of sp³-hybridized carbons (Fsp3) is 0.353. The van der Waals surface area contributed by atoms with Gasteiger partial charge in [-0.2, -0.15) is 0 Å². The third-order valence-corrected chi connectivity index (χ3v) is 5.08. The summed E-state index contributed by atoms with van der Waals surface area (Å²) in [5.41, 5.74) is 0.186. The Labute approximate surface area is 155 Å². The van der Waals surface area contributed by atoms with Crippen LogP contribution in [0.2, 0.25) is 0 Å². The summed E-state index contributed by atoms with van der Waals surface area (Å²) in [7, 11) is -1.55. The van der Waals surface area contributed by atoms with Crippen molar-refractivity contribution in [3.05, 3.63) is 42.1 Å². The number of carbonyl (C=O) groups is 3. The van der Waals surface area contributed by atoms with Gasteiger partial charge in [-0.05, 0) is 25.0 Å². The molecule has 9 nitrogen and oxygen atoms in total. The number of methoxy groups -OCH3 is 2. The van der Waals surface area contributed by atoms with E-state index in [0.29, 0.717) is 0 Å². The highest BCUT2D eigenvalue weighted by molar-refractivity contribution is 7.90. The Kier molecular flexibility index (Phi) is 6.21. The highest BCUT2D eigenvalue weighted by atomic mass is 32.2. The van der Waals surface area contributed by atoms with E-state index in [4.69, 9.17) is 4.42 Å². The van der Waals surface area contributed by atoms with Gasteiger partial charge < -0.3 is 13.9 Å². The van der Waals surface area contributed by atoms with E-state index in [1.165, 1.54) is 17.0 Å². The molecule has 27 heavy (non-hydrogen) atoms. The van der Waals surface area contributed by atoms with E-state index in [9.17, 15) is 22.8 Å². The molecule has 0 radical (unpaired) electrons. The number of aryl methyl sites for hydroxylation is 1. The van der Waals surface area contributed by atoms with Crippen molar-refractivity contribution < 1.29 is 36.7 Å². The van der Waals surface area contributed by atoms with Crippen LogP contribution in [0.4, 0.5) is 0 Å². The summed E-state index contributed by atoms with van der Waals surface area (Å²) in [5.74, 6) is -3.80. The molecule has 0 aliphatic heterocycles. The van der Waals surface area contributed by atoms with Gasteiger partial charge in [-0.25, -0.2) is 8.42 Å². The number of esters is 2. The Morgan fingerprint density at radius 3 is 2.15 bits per heavy atom. The second-order valence-corrected chi connectivity index (χ2v) is 7.68. The minimum atomic E-state index is -3.82. The predicted molar refractivity (Wildman–Crippen MR) is 91.8 cm³/mol. The van der Waals surface area contributed by atoms with Gasteiger partial charge in [0, 0.05) is 24.2 Å². The van der Waals surface area contributed by atoms with Gasteiger partial charge >= 0.3 is 11.9 Å². The molecule has 2 aromatic rings. The number of nitrogens with zero attached hydrogens (tertiary/aromatic N) is 1. The molecule has 10 heteroatoms. The predicted octanol–water partition coefficient (Wildman–Crippen LogP) is 1.07. The fourth-order valence-corrected chi connectivity index (χ4v) is 3.71. The molecule has 2 heterocycles. The van der Waals surface area contributed by atoms with Crippen LogP contribution in [0.15, 0.2) is 40.1 Å². The van der Waals surface area contributed by atoms with Gasteiger partial charge in [0.2, 0.25) is 5.76 Å². The first-order valence-electron chi connectivity index (χ1n) is 7.84. The van der Waals surface area contributed by atoms with Crippen LogP contribution >= 0.6 is 0 Å². The summed E-state index contributed by atoms with van der Waals surface area (Å²) in [5, 5.41) is 0. The van der Waals surface area contributed by atoms with E-state index in [1.54, 1.807) is 12.1 Å². The van der Waals surface area contributed by atoms with Gasteiger partial charge in [-0.15, -0.1) is 0 Å². The Morgan fingerprint density at radius 2 is 1.67 bits per heavy atom. The first-order chi connectivity index (χ1) is 12.7. The van der Waals surface area contributed by atoms with E-state index in [0.717, 1.165) is 26.7 Å². The van der Waals surface area contributed by atoms with Crippen molar-refractivity contribution in [3.63, 3.8) is 0 Å². The van der Waals surface area contributed by atoms with Crippen LogP contribution in [0.3, 0.4) is 0 Å². The molecule has 0 aliphatic rings. The van der Waals surface area contributed by atoms with Crippen LogP contribution in [-0.4, -0.2) is 51.3 Å². The molecule has 2 aromatic heterocycles. The van der Waals surface area contributed by atoms with Crippen molar-refractivity contribution in [1.82, 2.24) is 4.57 Å². The quantitative estimate of drug-likeness (QED) is 0.502. The average molecular weight is 397 g/mol. The first kappa shape index (κ1) is 20.4. The van der Waals surface area contributed by atoms with Crippen molar-refractivity contribution in [1.29, 1.82) is 0 Å². The zero-order chi connectivity index (χ0) is 20.2. The molecule has 0 aromatic carbocycles. The molecule has 0 bridgehead atoms. The van der Waals surface area contributed by atoms with E-state index in [-0.39, 0.29) is 29.1 Å². The topological polar surface area (TPSA) is 122 Å². The van der Waals surface area contributed by atoms with Gasteiger partial charge in [0.15, 0.2) is 15.8 Å². The molecule has 0 atom stereocenters. The molecule has 0 saturated carbocycles. The summed E-state index contributed by atoms with van der Waals surface area (Å²) < 4.78 is 40.0. The monoisotopic (exact) mass is 397 g/mol. The smallest absolute Gasteiger partial charge is 0.320 e. The van der Waals surface area contributed by atoms with Crippen LogP contribution in [0, 0.1) is 5.92 Å². The van der Waals surface area contributed by atoms with Crippen molar-refractivity contribution >= 4 is 27.7 Å². The van der Waals surface area contributed by atoms with Crippen LogP contribution < -0.4 is 0 Å². The molecular formula is C17H19NO8S. The van der Waals surface area contributed by atoms with Crippen molar-refractivity contribution in [2.24, 2.45) is 5.92 Å². The minimum absolute atomic E-state index is 0.0142. The summed E-state index contributed by atoms with van der Waals surface area (Å²) in [4.78, 5) is 35.7. The first-order valence-corrected chi connectivity index (χ1v) is 9.73. The second kappa shape index (κ2) is 8.21. The molecule has 0 unspecified atom stereocenters. The van der Waals surface area contributed by atoms with Crippen molar-refractivity contribution in [2.45, 2.75) is 17.7 Å². The Bertz CT molecular complexity index is 924. The van der Waals surface area contributed by atoms with Crippen molar-refractivity contribution in [2.75, 3.05) is 20.5 Å². The zero-order valence-electron chi connectivity index (χ0n) is 15.0. The van der Waals surface area contributed by atoms with E-state index in [1.807, 2.05) is 0 Å². The molecule has 0 saturated heterocycles. The number of aromatic nitrogens is 1. The molecule has 0 amide bonds. The van der Waals surface area contributed by atoms with Crippen LogP contribution in [0.1, 0.15) is 22.5 Å². The van der Waals surface area contributed by atoms with Gasteiger partial charge in [0.25, 0.3) is 5.91 Å². The third-order valence-electron chi connectivity index (χ3n) is 3.89. The molecule has 0 N–H and O–H groups in total. The molecular weight excluding hydrogens is 378 g/mol.